The number of Topliss-reactive ketones (excluding diaryl/α,β-unsaturated/α-hetero) is 1. The number of rotatable bonds is 6. The van der Waals surface area contributed by atoms with E-state index >= 15 is 0 Å². The lowest BCUT2D eigenvalue weighted by molar-refractivity contribution is 0.0964. The second-order valence-corrected chi connectivity index (χ2v) is 6.38. The van der Waals surface area contributed by atoms with Crippen molar-refractivity contribution in [1.82, 2.24) is 4.90 Å². The van der Waals surface area contributed by atoms with Gasteiger partial charge in [-0.05, 0) is 50.1 Å². The molecule has 0 aliphatic heterocycles. The van der Waals surface area contributed by atoms with Crippen LogP contribution in [0.25, 0.3) is 0 Å². The van der Waals surface area contributed by atoms with Crippen LogP contribution >= 0.6 is 11.6 Å². The van der Waals surface area contributed by atoms with Gasteiger partial charge in [-0.1, -0.05) is 30.9 Å². The summed E-state index contributed by atoms with van der Waals surface area (Å²) in [6.45, 7) is 1.98. The molecule has 0 unspecified atom stereocenters. The van der Waals surface area contributed by atoms with Crippen LogP contribution in [-0.2, 0) is 0 Å². The monoisotopic (exact) mass is 293 g/mol. The second kappa shape index (κ2) is 7.80. The smallest absolute Gasteiger partial charge is 0.164 e. The van der Waals surface area contributed by atoms with E-state index in [1.165, 1.54) is 32.1 Å². The summed E-state index contributed by atoms with van der Waals surface area (Å²) in [5.74, 6) is 1.04. The van der Waals surface area contributed by atoms with Crippen molar-refractivity contribution in [2.24, 2.45) is 5.92 Å². The normalized spacial score (nSPS) is 16.6. The number of hydrogen-bond acceptors (Lipinski definition) is 2. The number of halogens is 1. The van der Waals surface area contributed by atoms with Gasteiger partial charge in [0.2, 0.25) is 0 Å². The van der Waals surface area contributed by atoms with Gasteiger partial charge in [-0.2, -0.15) is 0 Å². The maximum atomic E-state index is 12.1. The summed E-state index contributed by atoms with van der Waals surface area (Å²) in [7, 11) is 2.13. The van der Waals surface area contributed by atoms with Crippen LogP contribution in [0.1, 0.15) is 48.9 Å². The van der Waals surface area contributed by atoms with E-state index in [4.69, 9.17) is 11.6 Å². The minimum Gasteiger partial charge on any atom is -0.306 e. The van der Waals surface area contributed by atoms with Gasteiger partial charge >= 0.3 is 0 Å². The summed E-state index contributed by atoms with van der Waals surface area (Å²) < 4.78 is 0. The molecule has 1 fully saturated rings. The van der Waals surface area contributed by atoms with Crippen LogP contribution in [0.15, 0.2) is 24.3 Å². The SMILES string of the molecule is CN(CCC(=O)c1ccc(Cl)cc1)CC1CCCCC1. The van der Waals surface area contributed by atoms with Gasteiger partial charge in [-0.15, -0.1) is 0 Å². The Morgan fingerprint density at radius 2 is 1.85 bits per heavy atom. The van der Waals surface area contributed by atoms with Crippen molar-refractivity contribution in [2.75, 3.05) is 20.1 Å². The molecule has 110 valence electrons. The molecule has 1 aliphatic rings. The average molecular weight is 294 g/mol. The number of ketones is 1. The van der Waals surface area contributed by atoms with Crippen molar-refractivity contribution in [3.63, 3.8) is 0 Å². The molecule has 0 radical (unpaired) electrons. The van der Waals surface area contributed by atoms with Gasteiger partial charge in [0.1, 0.15) is 0 Å². The molecule has 0 bridgehead atoms. The van der Waals surface area contributed by atoms with Crippen molar-refractivity contribution >= 4 is 17.4 Å². The van der Waals surface area contributed by atoms with Gasteiger partial charge in [0.15, 0.2) is 5.78 Å². The summed E-state index contributed by atoms with van der Waals surface area (Å²) >= 11 is 5.83. The molecular weight excluding hydrogens is 270 g/mol. The number of benzene rings is 1. The predicted octanol–water partition coefficient (Wildman–Crippen LogP) is 4.42. The third kappa shape index (κ3) is 4.92. The molecule has 20 heavy (non-hydrogen) atoms. The first-order chi connectivity index (χ1) is 9.65. The van der Waals surface area contributed by atoms with Crippen LogP contribution in [0.4, 0.5) is 0 Å². The Bertz CT molecular complexity index is 423. The van der Waals surface area contributed by atoms with Crippen molar-refractivity contribution in [3.05, 3.63) is 34.9 Å². The van der Waals surface area contributed by atoms with E-state index in [0.29, 0.717) is 11.4 Å². The molecule has 1 saturated carbocycles. The zero-order valence-corrected chi connectivity index (χ0v) is 13.0. The summed E-state index contributed by atoms with van der Waals surface area (Å²) in [4.78, 5) is 14.4. The lowest BCUT2D eigenvalue weighted by Gasteiger charge is -2.26. The highest BCUT2D eigenvalue weighted by molar-refractivity contribution is 6.30. The molecule has 0 amide bonds. The number of carbonyl (C=O) groups excluding carboxylic acids is 1. The van der Waals surface area contributed by atoms with Crippen LogP contribution in [0.3, 0.4) is 0 Å². The van der Waals surface area contributed by atoms with Crippen molar-refractivity contribution in [2.45, 2.75) is 38.5 Å². The molecule has 1 aliphatic carbocycles. The number of nitrogens with zero attached hydrogens (tertiary/aromatic N) is 1. The highest BCUT2D eigenvalue weighted by Gasteiger charge is 2.16. The van der Waals surface area contributed by atoms with Crippen LogP contribution < -0.4 is 0 Å². The predicted molar refractivity (Wildman–Crippen MR) is 84.5 cm³/mol. The Morgan fingerprint density at radius 1 is 1.20 bits per heavy atom. The molecule has 2 rings (SSSR count). The Labute approximate surface area is 127 Å². The Kier molecular flexibility index (Phi) is 6.06. The fourth-order valence-corrected chi connectivity index (χ4v) is 3.10. The molecule has 0 atom stereocenters. The summed E-state index contributed by atoms with van der Waals surface area (Å²) in [6, 6.07) is 7.18. The maximum Gasteiger partial charge on any atom is 0.164 e. The van der Waals surface area contributed by atoms with Crippen LogP contribution in [0, 0.1) is 5.92 Å². The van der Waals surface area contributed by atoms with E-state index in [9.17, 15) is 4.79 Å². The maximum absolute atomic E-state index is 12.1. The molecule has 0 spiro atoms. The molecule has 0 heterocycles. The van der Waals surface area contributed by atoms with Gasteiger partial charge in [0, 0.05) is 30.1 Å². The first kappa shape index (κ1) is 15.5. The molecule has 2 nitrogen and oxygen atoms in total. The van der Waals surface area contributed by atoms with E-state index in [1.807, 2.05) is 12.1 Å². The zero-order chi connectivity index (χ0) is 14.4. The molecular formula is C17H24ClNO. The Hall–Kier alpha value is -0.860. The van der Waals surface area contributed by atoms with E-state index in [-0.39, 0.29) is 5.78 Å². The average Bonchev–Trinajstić information content (AvgIpc) is 2.46. The lowest BCUT2D eigenvalue weighted by Crippen LogP contribution is -2.29. The number of carbonyl (C=O) groups is 1. The van der Waals surface area contributed by atoms with Gasteiger partial charge in [0.25, 0.3) is 0 Å². The molecule has 0 aromatic heterocycles. The minimum atomic E-state index is 0.206. The van der Waals surface area contributed by atoms with Gasteiger partial charge in [0.05, 0.1) is 0 Å². The van der Waals surface area contributed by atoms with E-state index in [2.05, 4.69) is 11.9 Å². The molecule has 3 heteroatoms. The third-order valence-corrected chi connectivity index (χ3v) is 4.43. The van der Waals surface area contributed by atoms with Crippen molar-refractivity contribution < 1.29 is 4.79 Å². The van der Waals surface area contributed by atoms with Crippen LogP contribution in [0.2, 0.25) is 5.02 Å². The second-order valence-electron chi connectivity index (χ2n) is 5.95. The van der Waals surface area contributed by atoms with E-state index in [0.717, 1.165) is 24.6 Å². The van der Waals surface area contributed by atoms with E-state index < -0.39 is 0 Å². The first-order valence-corrected chi connectivity index (χ1v) is 8.00. The highest BCUT2D eigenvalue weighted by atomic mass is 35.5. The molecule has 1 aromatic carbocycles. The van der Waals surface area contributed by atoms with Crippen molar-refractivity contribution in [3.8, 4) is 0 Å². The third-order valence-electron chi connectivity index (χ3n) is 4.18. The van der Waals surface area contributed by atoms with Gasteiger partial charge in [-0.25, -0.2) is 0 Å². The fraction of sp³-hybridized carbons (Fsp3) is 0.588. The van der Waals surface area contributed by atoms with Crippen LogP contribution in [0.5, 0.6) is 0 Å². The van der Waals surface area contributed by atoms with Gasteiger partial charge in [-0.3, -0.25) is 4.79 Å². The summed E-state index contributed by atoms with van der Waals surface area (Å²) in [5, 5.41) is 0.677. The quantitative estimate of drug-likeness (QED) is 0.723. The van der Waals surface area contributed by atoms with Gasteiger partial charge < -0.3 is 4.90 Å². The number of hydrogen-bond donors (Lipinski definition) is 0. The molecule has 0 saturated heterocycles. The lowest BCUT2D eigenvalue weighted by atomic mass is 9.89. The largest absolute Gasteiger partial charge is 0.306 e. The Balaban J connectivity index is 1.73. The highest BCUT2D eigenvalue weighted by Crippen LogP contribution is 2.24. The first-order valence-electron chi connectivity index (χ1n) is 7.62. The topological polar surface area (TPSA) is 20.3 Å². The Morgan fingerprint density at radius 3 is 2.50 bits per heavy atom. The fourth-order valence-electron chi connectivity index (χ4n) is 2.97. The minimum absolute atomic E-state index is 0.206. The molecule has 0 N–H and O–H groups in total. The summed E-state index contributed by atoms with van der Waals surface area (Å²) in [6.07, 6.45) is 7.45. The zero-order valence-electron chi connectivity index (χ0n) is 12.3. The molecule has 1 aromatic rings. The van der Waals surface area contributed by atoms with Crippen molar-refractivity contribution in [1.29, 1.82) is 0 Å². The van der Waals surface area contributed by atoms with E-state index in [1.54, 1.807) is 12.1 Å². The van der Waals surface area contributed by atoms with Crippen LogP contribution in [-0.4, -0.2) is 30.8 Å². The standard InChI is InChI=1S/C17H24ClNO/c1-19(13-14-5-3-2-4-6-14)12-11-17(20)15-7-9-16(18)10-8-15/h7-10,14H,2-6,11-13H2,1H3. The summed E-state index contributed by atoms with van der Waals surface area (Å²) in [5.41, 5.74) is 0.764.